The fourth-order valence-corrected chi connectivity index (χ4v) is 5.18. The van der Waals surface area contributed by atoms with E-state index in [0.717, 1.165) is 24.0 Å². The first-order valence-corrected chi connectivity index (χ1v) is 12.2. The zero-order valence-corrected chi connectivity index (χ0v) is 19.5. The maximum Gasteiger partial charge on any atom is 0.407 e. The summed E-state index contributed by atoms with van der Waals surface area (Å²) >= 11 is 0. The lowest BCUT2D eigenvalue weighted by atomic mass is 9.98. The minimum absolute atomic E-state index is 0.00269. The van der Waals surface area contributed by atoms with Crippen LogP contribution in [-0.4, -0.2) is 66.4 Å². The number of aliphatic carboxylic acids is 1. The molecule has 1 saturated heterocycles. The van der Waals surface area contributed by atoms with Gasteiger partial charge in [0.25, 0.3) is 0 Å². The summed E-state index contributed by atoms with van der Waals surface area (Å²) in [7, 11) is 0. The number of rotatable bonds is 9. The number of benzene rings is 2. The van der Waals surface area contributed by atoms with Crippen LogP contribution in [-0.2, 0) is 19.1 Å². The van der Waals surface area contributed by atoms with Gasteiger partial charge in [0.1, 0.15) is 6.61 Å². The van der Waals surface area contributed by atoms with E-state index >= 15 is 0 Å². The van der Waals surface area contributed by atoms with Gasteiger partial charge in [0.05, 0.1) is 25.0 Å². The number of carboxylic acid groups (broad SMARTS) is 1. The van der Waals surface area contributed by atoms with Crippen LogP contribution in [0.3, 0.4) is 0 Å². The second kappa shape index (κ2) is 10.1. The van der Waals surface area contributed by atoms with Crippen LogP contribution in [0, 0.1) is 5.92 Å². The Labute approximate surface area is 204 Å². The summed E-state index contributed by atoms with van der Waals surface area (Å²) < 4.78 is 11.3. The normalized spacial score (nSPS) is 20.7. The van der Waals surface area contributed by atoms with Gasteiger partial charge in [-0.1, -0.05) is 48.5 Å². The van der Waals surface area contributed by atoms with Gasteiger partial charge in [-0.15, -0.1) is 0 Å². The van der Waals surface area contributed by atoms with Crippen LogP contribution in [0.25, 0.3) is 11.1 Å². The van der Waals surface area contributed by atoms with Crippen molar-refractivity contribution in [2.24, 2.45) is 5.92 Å². The number of ether oxygens (including phenoxy) is 2. The summed E-state index contributed by atoms with van der Waals surface area (Å²) in [5, 5.41) is 11.7. The maximum atomic E-state index is 12.9. The number of hydrogen-bond acceptors (Lipinski definition) is 5. The number of amides is 2. The highest BCUT2D eigenvalue weighted by atomic mass is 16.5. The molecule has 1 saturated carbocycles. The van der Waals surface area contributed by atoms with E-state index < -0.39 is 12.1 Å². The van der Waals surface area contributed by atoms with E-state index in [1.807, 2.05) is 24.3 Å². The minimum atomic E-state index is -0.906. The largest absolute Gasteiger partial charge is 0.481 e. The molecule has 0 radical (unpaired) electrons. The SMILES string of the molecule is O=C(O)CCN(C(=O)C1COC(CNC(=O)OCC2c3ccccc3-c3ccccc32)C1)C1CC1. The number of carboxylic acids is 1. The maximum absolute atomic E-state index is 12.9. The third-order valence-corrected chi connectivity index (χ3v) is 7.08. The van der Waals surface area contributed by atoms with Gasteiger partial charge in [-0.3, -0.25) is 9.59 Å². The molecule has 8 nitrogen and oxygen atoms in total. The molecule has 35 heavy (non-hydrogen) atoms. The molecule has 1 heterocycles. The summed E-state index contributed by atoms with van der Waals surface area (Å²) in [6.07, 6.45) is 1.51. The third kappa shape index (κ3) is 5.17. The molecule has 0 spiro atoms. The molecule has 184 valence electrons. The molecule has 2 atom stereocenters. The molecule has 1 aliphatic heterocycles. The number of carbonyl (C=O) groups excluding carboxylic acids is 2. The lowest BCUT2D eigenvalue weighted by Gasteiger charge is -2.24. The predicted molar refractivity (Wildman–Crippen MR) is 128 cm³/mol. The summed E-state index contributed by atoms with van der Waals surface area (Å²) in [6, 6.07) is 16.5. The van der Waals surface area contributed by atoms with E-state index in [4.69, 9.17) is 14.6 Å². The molecule has 2 N–H and O–H groups in total. The Morgan fingerprint density at radius 3 is 2.31 bits per heavy atom. The first-order valence-electron chi connectivity index (χ1n) is 12.2. The molecular weight excluding hydrogens is 448 g/mol. The predicted octanol–water partition coefficient (Wildman–Crippen LogP) is 3.40. The standard InChI is InChI=1S/C27H30N2O6/c30-25(31)11-12-29(18-9-10-18)26(32)17-13-19(34-15-17)14-28-27(33)35-16-24-22-7-3-1-5-20(22)21-6-2-4-8-23(21)24/h1-8,17-19,24H,9-16H2,(H,28,33)(H,30,31). The fraction of sp³-hybridized carbons (Fsp3) is 0.444. The number of carbonyl (C=O) groups is 3. The second-order valence-corrected chi connectivity index (χ2v) is 9.50. The first kappa shape index (κ1) is 23.4. The van der Waals surface area contributed by atoms with Crippen molar-refractivity contribution in [3.05, 3.63) is 59.7 Å². The number of alkyl carbamates (subject to hydrolysis) is 1. The van der Waals surface area contributed by atoms with E-state index in [-0.39, 0.29) is 62.6 Å². The van der Waals surface area contributed by atoms with Crippen LogP contribution < -0.4 is 5.32 Å². The van der Waals surface area contributed by atoms with Crippen molar-refractivity contribution in [3.63, 3.8) is 0 Å². The summed E-state index contributed by atoms with van der Waals surface area (Å²) in [5.41, 5.74) is 4.67. The Balaban J connectivity index is 1.10. The van der Waals surface area contributed by atoms with Gasteiger partial charge < -0.3 is 24.8 Å². The van der Waals surface area contributed by atoms with Crippen molar-refractivity contribution in [2.45, 2.75) is 43.7 Å². The van der Waals surface area contributed by atoms with E-state index in [2.05, 4.69) is 29.6 Å². The van der Waals surface area contributed by atoms with Gasteiger partial charge >= 0.3 is 12.1 Å². The average molecular weight is 479 g/mol. The van der Waals surface area contributed by atoms with Crippen molar-refractivity contribution < 1.29 is 29.0 Å². The quantitative estimate of drug-likeness (QED) is 0.572. The molecule has 2 unspecified atom stereocenters. The van der Waals surface area contributed by atoms with E-state index in [1.54, 1.807) is 4.90 Å². The molecule has 0 aromatic heterocycles. The van der Waals surface area contributed by atoms with Crippen LogP contribution in [0.4, 0.5) is 4.79 Å². The second-order valence-electron chi connectivity index (χ2n) is 9.50. The molecule has 2 aromatic rings. The minimum Gasteiger partial charge on any atom is -0.481 e. The molecular formula is C27H30N2O6. The Morgan fingerprint density at radius 2 is 1.69 bits per heavy atom. The number of hydrogen-bond donors (Lipinski definition) is 2. The summed E-state index contributed by atoms with van der Waals surface area (Å²) in [5.74, 6) is -1.26. The lowest BCUT2D eigenvalue weighted by molar-refractivity contribution is -0.140. The Hall–Kier alpha value is -3.39. The fourth-order valence-electron chi connectivity index (χ4n) is 5.18. The van der Waals surface area contributed by atoms with Crippen molar-refractivity contribution in [3.8, 4) is 11.1 Å². The zero-order valence-electron chi connectivity index (χ0n) is 19.5. The van der Waals surface area contributed by atoms with E-state index in [0.29, 0.717) is 6.42 Å². The Bertz CT molecular complexity index is 1070. The molecule has 3 aliphatic rings. The summed E-state index contributed by atoms with van der Waals surface area (Å²) in [6.45, 7) is 1.02. The molecule has 2 aromatic carbocycles. The average Bonchev–Trinajstić information content (AvgIpc) is 3.49. The molecule has 0 bridgehead atoms. The zero-order chi connectivity index (χ0) is 24.4. The molecule has 2 fully saturated rings. The Kier molecular flexibility index (Phi) is 6.72. The van der Waals surface area contributed by atoms with Gasteiger partial charge in [-0.2, -0.15) is 0 Å². The van der Waals surface area contributed by atoms with E-state index in [1.165, 1.54) is 11.1 Å². The van der Waals surface area contributed by atoms with E-state index in [9.17, 15) is 14.4 Å². The van der Waals surface area contributed by atoms with Gasteiger partial charge in [0.2, 0.25) is 5.91 Å². The molecule has 2 aliphatic carbocycles. The van der Waals surface area contributed by atoms with Crippen molar-refractivity contribution in [1.82, 2.24) is 10.2 Å². The van der Waals surface area contributed by atoms with Crippen LogP contribution >= 0.6 is 0 Å². The first-order chi connectivity index (χ1) is 17.0. The number of nitrogens with one attached hydrogen (secondary N) is 1. The highest BCUT2D eigenvalue weighted by molar-refractivity contribution is 5.81. The van der Waals surface area contributed by atoms with Crippen LogP contribution in [0.2, 0.25) is 0 Å². The molecule has 2 amide bonds. The lowest BCUT2D eigenvalue weighted by Crippen LogP contribution is -2.39. The van der Waals surface area contributed by atoms with Crippen LogP contribution in [0.15, 0.2) is 48.5 Å². The number of nitrogens with zero attached hydrogens (tertiary/aromatic N) is 1. The van der Waals surface area contributed by atoms with Gasteiger partial charge in [-0.25, -0.2) is 4.79 Å². The van der Waals surface area contributed by atoms with Crippen molar-refractivity contribution in [2.75, 3.05) is 26.3 Å². The Morgan fingerprint density at radius 1 is 1.03 bits per heavy atom. The summed E-state index contributed by atoms with van der Waals surface area (Å²) in [4.78, 5) is 38.0. The van der Waals surface area contributed by atoms with Crippen molar-refractivity contribution in [1.29, 1.82) is 0 Å². The van der Waals surface area contributed by atoms with Gasteiger partial charge in [0, 0.05) is 25.0 Å². The monoisotopic (exact) mass is 478 g/mol. The topological polar surface area (TPSA) is 105 Å². The van der Waals surface area contributed by atoms with Crippen molar-refractivity contribution >= 4 is 18.0 Å². The smallest absolute Gasteiger partial charge is 0.407 e. The van der Waals surface area contributed by atoms with Crippen LogP contribution in [0.5, 0.6) is 0 Å². The van der Waals surface area contributed by atoms with Gasteiger partial charge in [0.15, 0.2) is 0 Å². The van der Waals surface area contributed by atoms with Crippen LogP contribution in [0.1, 0.15) is 42.7 Å². The highest BCUT2D eigenvalue weighted by Gasteiger charge is 2.39. The third-order valence-electron chi connectivity index (χ3n) is 7.08. The molecule has 5 rings (SSSR count). The number of fused-ring (bicyclic) bond motifs is 3. The highest BCUT2D eigenvalue weighted by Crippen LogP contribution is 2.44. The van der Waals surface area contributed by atoms with Gasteiger partial charge in [-0.05, 0) is 41.5 Å². The molecule has 8 heteroatoms.